The van der Waals surface area contributed by atoms with E-state index in [-0.39, 0.29) is 23.3 Å². The molecule has 0 spiro atoms. The average molecular weight is 725 g/mol. The van der Waals surface area contributed by atoms with Crippen molar-refractivity contribution in [2.24, 2.45) is 0 Å². The van der Waals surface area contributed by atoms with E-state index in [1.54, 1.807) is 54.5 Å². The molecule has 0 atom stereocenters. The van der Waals surface area contributed by atoms with Crippen molar-refractivity contribution in [2.75, 3.05) is 19.6 Å². The zero-order chi connectivity index (χ0) is 38.3. The Labute approximate surface area is 313 Å². The Morgan fingerprint density at radius 2 is 0.611 bits per heavy atom. The molecule has 6 aromatic rings. The van der Waals surface area contributed by atoms with Gasteiger partial charge in [0.15, 0.2) is 11.6 Å². The van der Waals surface area contributed by atoms with Crippen LogP contribution in [0.15, 0.2) is 109 Å². The molecule has 0 fully saturated rings. The largest absolute Gasteiger partial charge is 0.291 e. The summed E-state index contributed by atoms with van der Waals surface area (Å²) in [7, 11) is 0. The molecule has 0 unspecified atom stereocenters. The first-order chi connectivity index (χ1) is 25.8. The highest BCUT2D eigenvalue weighted by Crippen LogP contribution is 2.58. The van der Waals surface area contributed by atoms with Crippen LogP contribution in [0, 0.1) is 78.7 Å². The molecule has 2 aliphatic heterocycles. The third kappa shape index (κ3) is 5.34. The monoisotopic (exact) mass is 724 g/mol. The summed E-state index contributed by atoms with van der Waals surface area (Å²) >= 11 is 0. The first-order valence-electron chi connectivity index (χ1n) is 18.0. The van der Waals surface area contributed by atoms with E-state index < -0.39 is 0 Å². The van der Waals surface area contributed by atoms with Crippen LogP contribution in [0.2, 0.25) is 0 Å². The molecular weight excluding hydrogens is 685 g/mol. The van der Waals surface area contributed by atoms with Crippen molar-refractivity contribution in [3.8, 4) is 0 Å². The highest BCUT2D eigenvalue weighted by Gasteiger charge is 2.45. The van der Waals surface area contributed by atoms with Gasteiger partial charge in [0, 0.05) is 17.1 Å². The lowest BCUT2D eigenvalue weighted by Crippen LogP contribution is -2.34. The molecule has 4 nitrogen and oxygen atoms in total. The molecule has 54 heavy (non-hydrogen) atoms. The van der Waals surface area contributed by atoms with Gasteiger partial charge in [-0.25, -0.2) is 17.6 Å². The highest BCUT2D eigenvalue weighted by atomic mass is 19.1. The van der Waals surface area contributed by atoms with Gasteiger partial charge in [0.2, 0.25) is 0 Å². The molecule has 0 bridgehead atoms. The van der Waals surface area contributed by atoms with Crippen molar-refractivity contribution in [1.82, 2.24) is 0 Å². The SMILES string of the molecule is Cc1cc(N2C(=C3N(c4cc(C)c(F)c(C)c4)c4ccccc4N3c3cc(C)c(F)c(C)c3)N(c3cc(C)c(F)c(C)c3)c3ccccc32)c(C)cc1F. The Balaban J connectivity index is 1.59. The van der Waals surface area contributed by atoms with E-state index in [2.05, 4.69) is 19.6 Å². The van der Waals surface area contributed by atoms with Crippen molar-refractivity contribution in [1.29, 1.82) is 0 Å². The lowest BCUT2D eigenvalue weighted by atomic mass is 10.1. The van der Waals surface area contributed by atoms with Gasteiger partial charge in [0.05, 0.1) is 28.4 Å². The van der Waals surface area contributed by atoms with Crippen LogP contribution in [-0.2, 0) is 0 Å². The number of aryl methyl sites for hydroxylation is 8. The number of nitrogens with zero attached hydrogens (tertiary/aromatic N) is 4. The predicted octanol–water partition coefficient (Wildman–Crippen LogP) is 13.1. The fourth-order valence-electron chi connectivity index (χ4n) is 7.93. The van der Waals surface area contributed by atoms with Crippen molar-refractivity contribution in [3.63, 3.8) is 0 Å². The van der Waals surface area contributed by atoms with Gasteiger partial charge >= 0.3 is 0 Å². The summed E-state index contributed by atoms with van der Waals surface area (Å²) in [6.45, 7) is 14.2. The number of hydrogen-bond donors (Lipinski definition) is 0. The van der Waals surface area contributed by atoms with Gasteiger partial charge in [-0.15, -0.1) is 0 Å². The maximum Gasteiger partial charge on any atom is 0.166 e. The van der Waals surface area contributed by atoms with Gasteiger partial charge < -0.3 is 0 Å². The van der Waals surface area contributed by atoms with Crippen molar-refractivity contribution >= 4 is 45.5 Å². The lowest BCUT2D eigenvalue weighted by Gasteiger charge is -2.35. The Morgan fingerprint density at radius 1 is 0.315 bits per heavy atom. The average Bonchev–Trinajstić information content (AvgIpc) is 3.66. The number of benzene rings is 6. The fourth-order valence-corrected chi connectivity index (χ4v) is 7.93. The fraction of sp³-hybridized carbons (Fsp3) is 0.174. The molecule has 8 rings (SSSR count). The molecule has 2 aliphatic rings. The van der Waals surface area contributed by atoms with Gasteiger partial charge in [-0.05, 0) is 173 Å². The number of halogens is 4. The molecule has 0 saturated heterocycles. The van der Waals surface area contributed by atoms with Crippen molar-refractivity contribution in [2.45, 2.75) is 55.4 Å². The predicted molar refractivity (Wildman–Crippen MR) is 212 cm³/mol. The van der Waals surface area contributed by atoms with Crippen LogP contribution in [0.3, 0.4) is 0 Å². The Hall–Kier alpha value is -6.02. The maximum absolute atomic E-state index is 15.4. The summed E-state index contributed by atoms with van der Waals surface area (Å²) < 4.78 is 61.3. The number of anilines is 8. The summed E-state index contributed by atoms with van der Waals surface area (Å²) in [5.74, 6) is 0.149. The summed E-state index contributed by atoms with van der Waals surface area (Å²) in [5.41, 5.74) is 10.3. The van der Waals surface area contributed by atoms with Crippen LogP contribution in [0.25, 0.3) is 0 Å². The van der Waals surface area contributed by atoms with Crippen LogP contribution in [0.1, 0.15) is 44.5 Å². The smallest absolute Gasteiger partial charge is 0.166 e. The zero-order valence-electron chi connectivity index (χ0n) is 31.5. The third-order valence-corrected chi connectivity index (χ3v) is 10.5. The lowest BCUT2D eigenvalue weighted by molar-refractivity contribution is 0.609. The number of fused-ring (bicyclic) bond motifs is 2. The molecule has 272 valence electrons. The Kier molecular flexibility index (Phi) is 8.32. The van der Waals surface area contributed by atoms with E-state index in [4.69, 9.17) is 0 Å². The Bertz CT molecular complexity index is 2420. The minimum Gasteiger partial charge on any atom is -0.291 e. The number of hydrogen-bond acceptors (Lipinski definition) is 4. The number of para-hydroxylation sites is 4. The standard InChI is InChI=1S/C46H40F4N4/c1-25-24-41(26(2)23-36(25)47)54-40-16-12-11-15-39(40)53(35-21-31(7)44(50)32(8)22-35)46(54)45-51(33-17-27(3)42(48)28(4)18-33)37-13-9-10-14-38(37)52(45)34-19-29(5)43(49)30(6)20-34/h9-24H,1-8H3. The van der Waals surface area contributed by atoms with Crippen LogP contribution >= 0.6 is 0 Å². The second-order valence-corrected chi connectivity index (χ2v) is 14.5. The molecule has 0 radical (unpaired) electrons. The minimum atomic E-state index is -0.314. The molecular formula is C46H40F4N4. The summed E-state index contributed by atoms with van der Waals surface area (Å²) in [5, 5.41) is 0. The minimum absolute atomic E-state index is 0.284. The molecule has 6 aromatic carbocycles. The third-order valence-electron chi connectivity index (χ3n) is 10.5. The molecule has 0 amide bonds. The van der Waals surface area contributed by atoms with E-state index in [0.717, 1.165) is 28.4 Å². The van der Waals surface area contributed by atoms with Crippen LogP contribution < -0.4 is 19.6 Å². The van der Waals surface area contributed by atoms with Crippen LogP contribution in [0.4, 0.5) is 63.1 Å². The zero-order valence-corrected chi connectivity index (χ0v) is 31.5. The van der Waals surface area contributed by atoms with Gasteiger partial charge in [0.1, 0.15) is 23.3 Å². The van der Waals surface area contributed by atoms with E-state index in [0.29, 0.717) is 73.2 Å². The second kappa shape index (κ2) is 12.8. The van der Waals surface area contributed by atoms with E-state index in [1.165, 1.54) is 0 Å². The topological polar surface area (TPSA) is 13.0 Å². The Morgan fingerprint density at radius 3 is 0.944 bits per heavy atom. The first-order valence-corrected chi connectivity index (χ1v) is 18.0. The molecule has 0 aliphatic carbocycles. The van der Waals surface area contributed by atoms with E-state index in [1.807, 2.05) is 97.9 Å². The molecule has 0 aromatic heterocycles. The van der Waals surface area contributed by atoms with Gasteiger partial charge in [-0.3, -0.25) is 19.6 Å². The summed E-state index contributed by atoms with van der Waals surface area (Å²) in [6.07, 6.45) is 0. The first kappa shape index (κ1) is 35.0. The van der Waals surface area contributed by atoms with E-state index in [9.17, 15) is 0 Å². The van der Waals surface area contributed by atoms with Gasteiger partial charge in [-0.1, -0.05) is 24.3 Å². The number of rotatable bonds is 4. The quantitative estimate of drug-likeness (QED) is 0.168. The van der Waals surface area contributed by atoms with Crippen molar-refractivity contribution in [3.05, 3.63) is 176 Å². The van der Waals surface area contributed by atoms with Gasteiger partial charge in [-0.2, -0.15) is 0 Å². The van der Waals surface area contributed by atoms with E-state index >= 15 is 17.6 Å². The van der Waals surface area contributed by atoms with Crippen molar-refractivity contribution < 1.29 is 17.6 Å². The molecule has 0 saturated carbocycles. The van der Waals surface area contributed by atoms with Crippen LogP contribution in [-0.4, -0.2) is 0 Å². The van der Waals surface area contributed by atoms with Crippen LogP contribution in [0.5, 0.6) is 0 Å². The normalized spacial score (nSPS) is 13.7. The molecule has 8 heteroatoms. The second-order valence-electron chi connectivity index (χ2n) is 14.5. The molecule has 0 N–H and O–H groups in total. The summed E-state index contributed by atoms with van der Waals surface area (Å²) in [4.78, 5) is 8.46. The maximum atomic E-state index is 15.4. The van der Waals surface area contributed by atoms with Gasteiger partial charge in [0.25, 0.3) is 0 Å². The highest BCUT2D eigenvalue weighted by molar-refractivity contribution is 6.00. The molecule has 2 heterocycles. The summed E-state index contributed by atoms with van der Waals surface area (Å²) in [6, 6.07) is 30.3.